The molecule has 1 amide bonds. The van der Waals surface area contributed by atoms with Gasteiger partial charge in [0.1, 0.15) is 0 Å². The van der Waals surface area contributed by atoms with Crippen molar-refractivity contribution in [1.82, 2.24) is 4.90 Å². The Morgan fingerprint density at radius 2 is 2.10 bits per heavy atom. The third kappa shape index (κ3) is 3.31. The number of hydrogen-bond acceptors (Lipinski definition) is 3. The smallest absolute Gasteiger partial charge is 0.255 e. The largest absolute Gasteiger partial charge is 0.390 e. The zero-order chi connectivity index (χ0) is 14.8. The quantitative estimate of drug-likeness (QED) is 0.872. The summed E-state index contributed by atoms with van der Waals surface area (Å²) in [4.78, 5) is 14.6. The van der Waals surface area contributed by atoms with E-state index in [0.29, 0.717) is 25.1 Å². The van der Waals surface area contributed by atoms with E-state index in [0.717, 1.165) is 24.1 Å². The highest BCUT2D eigenvalue weighted by molar-refractivity contribution is 5.99. The number of rotatable bonds is 2. The van der Waals surface area contributed by atoms with Crippen molar-refractivity contribution in [3.05, 3.63) is 29.3 Å². The predicted molar refractivity (Wildman–Crippen MR) is 81.1 cm³/mol. The molecule has 0 aromatic heterocycles. The van der Waals surface area contributed by atoms with Crippen LogP contribution in [0.15, 0.2) is 18.2 Å². The van der Waals surface area contributed by atoms with Gasteiger partial charge < -0.3 is 15.3 Å². The molecule has 1 aliphatic heterocycles. The summed E-state index contributed by atoms with van der Waals surface area (Å²) in [6.07, 6.45) is 2.24. The fourth-order valence-corrected chi connectivity index (χ4v) is 2.69. The molecule has 1 aromatic carbocycles. The van der Waals surface area contributed by atoms with Crippen molar-refractivity contribution in [2.75, 3.05) is 25.5 Å². The molecule has 1 fully saturated rings. The standard InChI is InChI=1S/C16H24N2O2/c1-12-5-6-14(17-3)13(11-12)15(19)18-9-4-7-16(2,20)8-10-18/h5-6,11,17,20H,4,7-10H2,1-3H3. The second-order valence-corrected chi connectivity index (χ2v) is 5.94. The van der Waals surface area contributed by atoms with E-state index in [-0.39, 0.29) is 5.91 Å². The number of aryl methyl sites for hydroxylation is 1. The molecule has 2 rings (SSSR count). The van der Waals surface area contributed by atoms with Gasteiger partial charge in [-0.2, -0.15) is 0 Å². The predicted octanol–water partition coefficient (Wildman–Crippen LogP) is 2.41. The summed E-state index contributed by atoms with van der Waals surface area (Å²) in [6, 6.07) is 5.86. The SMILES string of the molecule is CNc1ccc(C)cc1C(=O)N1CCCC(C)(O)CC1. The molecule has 1 aliphatic rings. The number of aliphatic hydroxyl groups is 1. The molecule has 0 bridgehead atoms. The first-order chi connectivity index (χ1) is 9.43. The monoisotopic (exact) mass is 276 g/mol. The van der Waals surface area contributed by atoms with Gasteiger partial charge in [0.05, 0.1) is 11.2 Å². The van der Waals surface area contributed by atoms with E-state index < -0.39 is 5.60 Å². The van der Waals surface area contributed by atoms with Crippen LogP contribution in [0.4, 0.5) is 5.69 Å². The molecule has 1 unspecified atom stereocenters. The van der Waals surface area contributed by atoms with E-state index in [1.54, 1.807) is 0 Å². The Balaban J connectivity index is 2.21. The van der Waals surface area contributed by atoms with Gasteiger partial charge in [-0.3, -0.25) is 4.79 Å². The van der Waals surface area contributed by atoms with Crippen LogP contribution in [-0.4, -0.2) is 41.7 Å². The summed E-state index contributed by atoms with van der Waals surface area (Å²) < 4.78 is 0. The van der Waals surface area contributed by atoms with Crippen molar-refractivity contribution in [1.29, 1.82) is 0 Å². The molecule has 1 heterocycles. The summed E-state index contributed by atoms with van der Waals surface area (Å²) in [5.74, 6) is 0.0516. The van der Waals surface area contributed by atoms with Crippen LogP contribution in [0.3, 0.4) is 0 Å². The molecular weight excluding hydrogens is 252 g/mol. The normalized spacial score (nSPS) is 23.3. The molecule has 20 heavy (non-hydrogen) atoms. The summed E-state index contributed by atoms with van der Waals surface area (Å²) in [5, 5.41) is 13.2. The molecule has 1 atom stereocenters. The van der Waals surface area contributed by atoms with E-state index in [1.165, 1.54) is 0 Å². The summed E-state index contributed by atoms with van der Waals surface area (Å²) in [5.41, 5.74) is 2.01. The second kappa shape index (κ2) is 5.83. The first-order valence-electron chi connectivity index (χ1n) is 7.23. The van der Waals surface area contributed by atoms with Crippen LogP contribution in [0.25, 0.3) is 0 Å². The van der Waals surface area contributed by atoms with E-state index in [2.05, 4.69) is 5.32 Å². The highest BCUT2D eigenvalue weighted by Gasteiger charge is 2.28. The van der Waals surface area contributed by atoms with E-state index >= 15 is 0 Å². The Kier molecular flexibility index (Phi) is 4.33. The summed E-state index contributed by atoms with van der Waals surface area (Å²) in [7, 11) is 1.83. The van der Waals surface area contributed by atoms with Crippen molar-refractivity contribution in [3.8, 4) is 0 Å². The molecular formula is C16H24N2O2. The number of anilines is 1. The Morgan fingerprint density at radius 3 is 2.80 bits per heavy atom. The fraction of sp³-hybridized carbons (Fsp3) is 0.562. The molecule has 4 heteroatoms. The van der Waals surface area contributed by atoms with Gasteiger partial charge in [-0.25, -0.2) is 0 Å². The van der Waals surface area contributed by atoms with Crippen LogP contribution in [0.5, 0.6) is 0 Å². The molecule has 110 valence electrons. The van der Waals surface area contributed by atoms with Gasteiger partial charge in [0.15, 0.2) is 0 Å². The maximum Gasteiger partial charge on any atom is 0.255 e. The van der Waals surface area contributed by atoms with Gasteiger partial charge in [-0.05, 0) is 45.2 Å². The maximum atomic E-state index is 12.7. The molecule has 0 spiro atoms. The van der Waals surface area contributed by atoms with Crippen molar-refractivity contribution in [2.24, 2.45) is 0 Å². The molecule has 0 saturated carbocycles. The lowest BCUT2D eigenvalue weighted by atomic mass is 9.98. The number of amides is 1. The van der Waals surface area contributed by atoms with Crippen molar-refractivity contribution < 1.29 is 9.90 Å². The van der Waals surface area contributed by atoms with Gasteiger partial charge >= 0.3 is 0 Å². The Bertz CT molecular complexity index is 497. The first kappa shape index (κ1) is 14.9. The first-order valence-corrected chi connectivity index (χ1v) is 7.23. The van der Waals surface area contributed by atoms with Gasteiger partial charge in [0, 0.05) is 25.8 Å². The zero-order valence-electron chi connectivity index (χ0n) is 12.6. The van der Waals surface area contributed by atoms with Crippen LogP contribution in [-0.2, 0) is 0 Å². The van der Waals surface area contributed by atoms with Crippen molar-refractivity contribution in [3.63, 3.8) is 0 Å². The van der Waals surface area contributed by atoms with Gasteiger partial charge in [-0.15, -0.1) is 0 Å². The Hall–Kier alpha value is -1.55. The molecule has 2 N–H and O–H groups in total. The Labute approximate surface area is 120 Å². The topological polar surface area (TPSA) is 52.6 Å². The van der Waals surface area contributed by atoms with E-state index in [9.17, 15) is 9.90 Å². The number of carbonyl (C=O) groups is 1. The lowest BCUT2D eigenvalue weighted by molar-refractivity contribution is 0.0438. The lowest BCUT2D eigenvalue weighted by Crippen LogP contribution is -2.34. The highest BCUT2D eigenvalue weighted by atomic mass is 16.3. The van der Waals surface area contributed by atoms with Crippen LogP contribution in [0, 0.1) is 6.92 Å². The molecule has 1 aromatic rings. The molecule has 1 saturated heterocycles. The molecule has 0 aliphatic carbocycles. The van der Waals surface area contributed by atoms with Crippen LogP contribution in [0.2, 0.25) is 0 Å². The van der Waals surface area contributed by atoms with E-state index in [4.69, 9.17) is 0 Å². The van der Waals surface area contributed by atoms with Crippen LogP contribution in [0.1, 0.15) is 42.1 Å². The van der Waals surface area contributed by atoms with Crippen LogP contribution >= 0.6 is 0 Å². The summed E-state index contributed by atoms with van der Waals surface area (Å²) in [6.45, 7) is 5.17. The number of hydrogen-bond donors (Lipinski definition) is 2. The number of nitrogens with zero attached hydrogens (tertiary/aromatic N) is 1. The number of likely N-dealkylation sites (tertiary alicyclic amines) is 1. The molecule has 4 nitrogen and oxygen atoms in total. The van der Waals surface area contributed by atoms with Crippen molar-refractivity contribution >= 4 is 11.6 Å². The van der Waals surface area contributed by atoms with Gasteiger partial charge in [0.25, 0.3) is 5.91 Å². The molecule has 0 radical (unpaired) electrons. The third-order valence-electron chi connectivity index (χ3n) is 4.03. The van der Waals surface area contributed by atoms with Gasteiger partial charge in [-0.1, -0.05) is 11.6 Å². The minimum absolute atomic E-state index is 0.0516. The highest BCUT2D eigenvalue weighted by Crippen LogP contribution is 2.24. The number of carbonyl (C=O) groups excluding carboxylic acids is 1. The minimum atomic E-state index is -0.645. The second-order valence-electron chi connectivity index (χ2n) is 5.94. The van der Waals surface area contributed by atoms with Gasteiger partial charge in [0.2, 0.25) is 0 Å². The maximum absolute atomic E-state index is 12.7. The van der Waals surface area contributed by atoms with Crippen molar-refractivity contribution in [2.45, 2.75) is 38.7 Å². The third-order valence-corrected chi connectivity index (χ3v) is 4.03. The van der Waals surface area contributed by atoms with E-state index in [1.807, 2.05) is 44.0 Å². The fourth-order valence-electron chi connectivity index (χ4n) is 2.69. The van der Waals surface area contributed by atoms with Crippen LogP contribution < -0.4 is 5.32 Å². The average molecular weight is 276 g/mol. The minimum Gasteiger partial charge on any atom is -0.390 e. The number of benzene rings is 1. The average Bonchev–Trinajstić information content (AvgIpc) is 2.59. The number of nitrogens with one attached hydrogen (secondary N) is 1. The lowest BCUT2D eigenvalue weighted by Gasteiger charge is -2.23. The zero-order valence-corrected chi connectivity index (χ0v) is 12.6. The summed E-state index contributed by atoms with van der Waals surface area (Å²) >= 11 is 0. The Morgan fingerprint density at radius 1 is 1.35 bits per heavy atom.